The number of hydrogen-bond acceptors (Lipinski definition) is 3. The van der Waals surface area contributed by atoms with Crippen molar-refractivity contribution in [2.75, 3.05) is 26.2 Å². The van der Waals surface area contributed by atoms with E-state index in [-0.39, 0.29) is 5.91 Å². The lowest BCUT2D eigenvalue weighted by Crippen LogP contribution is -2.47. The van der Waals surface area contributed by atoms with E-state index >= 15 is 0 Å². The van der Waals surface area contributed by atoms with Crippen molar-refractivity contribution >= 4 is 12.2 Å². The Kier molecular flexibility index (Phi) is 4.04. The van der Waals surface area contributed by atoms with Crippen molar-refractivity contribution in [3.05, 3.63) is 22.5 Å². The van der Waals surface area contributed by atoms with Gasteiger partial charge in [-0.2, -0.15) is 0 Å². The van der Waals surface area contributed by atoms with Gasteiger partial charge in [-0.25, -0.2) is 0 Å². The zero-order chi connectivity index (χ0) is 14.0. The highest BCUT2D eigenvalue weighted by Crippen LogP contribution is 2.19. The van der Waals surface area contributed by atoms with Gasteiger partial charge in [0.15, 0.2) is 6.29 Å². The molecule has 0 aromatic carbocycles. The van der Waals surface area contributed by atoms with E-state index in [2.05, 4.69) is 9.88 Å². The van der Waals surface area contributed by atoms with Crippen molar-refractivity contribution in [2.24, 2.45) is 0 Å². The van der Waals surface area contributed by atoms with Gasteiger partial charge in [-0.1, -0.05) is 0 Å². The summed E-state index contributed by atoms with van der Waals surface area (Å²) in [5, 5.41) is 0. The first kappa shape index (κ1) is 13.8. The lowest BCUT2D eigenvalue weighted by Gasteiger charge is -2.34. The molecule has 0 unspecified atom stereocenters. The number of carbonyl (C=O) groups is 2. The Morgan fingerprint density at radius 3 is 2.37 bits per heavy atom. The summed E-state index contributed by atoms with van der Waals surface area (Å²) in [6.45, 7) is 9.80. The van der Waals surface area contributed by atoms with E-state index in [1.807, 2.05) is 18.7 Å². The molecule has 104 valence electrons. The maximum absolute atomic E-state index is 11.3. The highest BCUT2D eigenvalue weighted by atomic mass is 16.2. The number of aromatic amines is 1. The Balaban J connectivity index is 2.01. The van der Waals surface area contributed by atoms with Crippen LogP contribution in [0.3, 0.4) is 0 Å². The molecule has 0 radical (unpaired) electrons. The van der Waals surface area contributed by atoms with Crippen molar-refractivity contribution in [1.82, 2.24) is 14.8 Å². The van der Waals surface area contributed by atoms with Gasteiger partial charge in [0.2, 0.25) is 5.91 Å². The van der Waals surface area contributed by atoms with Crippen LogP contribution in [-0.2, 0) is 11.3 Å². The summed E-state index contributed by atoms with van der Waals surface area (Å²) in [7, 11) is 0. The van der Waals surface area contributed by atoms with Crippen molar-refractivity contribution < 1.29 is 9.59 Å². The molecule has 0 aliphatic carbocycles. The first-order valence-electron chi connectivity index (χ1n) is 6.64. The predicted molar refractivity (Wildman–Crippen MR) is 73.2 cm³/mol. The molecule has 0 saturated carbocycles. The van der Waals surface area contributed by atoms with Gasteiger partial charge in [-0.15, -0.1) is 0 Å². The number of amides is 1. The standard InChI is InChI=1S/C14H21N3O2/c1-10-13(11(2)15-14(10)9-18)8-16-4-6-17(7-5-16)12(3)19/h9,15H,4-8H2,1-3H3. The number of aromatic nitrogens is 1. The molecule has 1 saturated heterocycles. The molecule has 1 fully saturated rings. The number of aldehydes is 1. The number of aryl methyl sites for hydroxylation is 1. The van der Waals surface area contributed by atoms with Crippen LogP contribution in [0.2, 0.25) is 0 Å². The van der Waals surface area contributed by atoms with Gasteiger partial charge in [-0.3, -0.25) is 14.5 Å². The molecule has 0 atom stereocenters. The molecule has 1 aliphatic heterocycles. The highest BCUT2D eigenvalue weighted by Gasteiger charge is 2.20. The Morgan fingerprint density at radius 2 is 1.89 bits per heavy atom. The van der Waals surface area contributed by atoms with Gasteiger partial charge in [-0.05, 0) is 25.0 Å². The van der Waals surface area contributed by atoms with Gasteiger partial charge < -0.3 is 9.88 Å². The van der Waals surface area contributed by atoms with Crippen LogP contribution in [0.4, 0.5) is 0 Å². The summed E-state index contributed by atoms with van der Waals surface area (Å²) in [6, 6.07) is 0. The predicted octanol–water partition coefficient (Wildman–Crippen LogP) is 1.11. The van der Waals surface area contributed by atoms with Gasteiger partial charge in [0.05, 0.1) is 5.69 Å². The second-order valence-electron chi connectivity index (χ2n) is 5.17. The average molecular weight is 263 g/mol. The Bertz CT molecular complexity index is 485. The topological polar surface area (TPSA) is 56.4 Å². The van der Waals surface area contributed by atoms with E-state index < -0.39 is 0 Å². The van der Waals surface area contributed by atoms with E-state index in [0.717, 1.165) is 50.3 Å². The molecule has 0 bridgehead atoms. The van der Waals surface area contributed by atoms with E-state index in [4.69, 9.17) is 0 Å². The third-order valence-corrected chi connectivity index (χ3v) is 3.95. The van der Waals surface area contributed by atoms with E-state index in [1.165, 1.54) is 5.56 Å². The fraction of sp³-hybridized carbons (Fsp3) is 0.571. The van der Waals surface area contributed by atoms with E-state index in [1.54, 1.807) is 6.92 Å². The van der Waals surface area contributed by atoms with Crippen LogP contribution in [0, 0.1) is 13.8 Å². The van der Waals surface area contributed by atoms with Crippen LogP contribution in [0.15, 0.2) is 0 Å². The van der Waals surface area contributed by atoms with Gasteiger partial charge in [0, 0.05) is 45.3 Å². The Morgan fingerprint density at radius 1 is 1.26 bits per heavy atom. The average Bonchev–Trinajstić information content (AvgIpc) is 2.67. The van der Waals surface area contributed by atoms with Crippen LogP contribution in [0.5, 0.6) is 0 Å². The molecule has 2 heterocycles. The highest BCUT2D eigenvalue weighted by molar-refractivity contribution is 5.75. The number of piperazine rings is 1. The first-order valence-corrected chi connectivity index (χ1v) is 6.64. The number of hydrogen-bond donors (Lipinski definition) is 1. The molecule has 19 heavy (non-hydrogen) atoms. The normalized spacial score (nSPS) is 16.7. The summed E-state index contributed by atoms with van der Waals surface area (Å²) in [4.78, 5) is 29.5. The minimum absolute atomic E-state index is 0.150. The fourth-order valence-corrected chi connectivity index (χ4v) is 2.61. The maximum Gasteiger partial charge on any atom is 0.219 e. The van der Waals surface area contributed by atoms with Gasteiger partial charge in [0.25, 0.3) is 0 Å². The molecular weight excluding hydrogens is 242 g/mol. The molecule has 1 amide bonds. The molecule has 0 spiro atoms. The number of nitrogens with zero attached hydrogens (tertiary/aromatic N) is 2. The van der Waals surface area contributed by atoms with Crippen molar-refractivity contribution in [3.63, 3.8) is 0 Å². The molecule has 1 N–H and O–H groups in total. The minimum Gasteiger partial charge on any atom is -0.356 e. The lowest BCUT2D eigenvalue weighted by molar-refractivity contribution is -0.130. The molecular formula is C14H21N3O2. The van der Waals surface area contributed by atoms with Crippen LogP contribution in [0.25, 0.3) is 0 Å². The van der Waals surface area contributed by atoms with Crippen LogP contribution < -0.4 is 0 Å². The second kappa shape index (κ2) is 5.57. The lowest BCUT2D eigenvalue weighted by atomic mass is 10.1. The third-order valence-electron chi connectivity index (χ3n) is 3.95. The van der Waals surface area contributed by atoms with Crippen LogP contribution in [-0.4, -0.2) is 53.2 Å². The van der Waals surface area contributed by atoms with Crippen molar-refractivity contribution in [3.8, 4) is 0 Å². The largest absolute Gasteiger partial charge is 0.356 e. The number of H-pyrrole nitrogens is 1. The van der Waals surface area contributed by atoms with Crippen molar-refractivity contribution in [1.29, 1.82) is 0 Å². The quantitative estimate of drug-likeness (QED) is 0.831. The molecule has 1 aromatic rings. The van der Waals surface area contributed by atoms with Crippen LogP contribution >= 0.6 is 0 Å². The zero-order valence-electron chi connectivity index (χ0n) is 11.8. The van der Waals surface area contributed by atoms with Crippen LogP contribution in [0.1, 0.15) is 34.2 Å². The fourth-order valence-electron chi connectivity index (χ4n) is 2.61. The van der Waals surface area contributed by atoms with E-state index in [9.17, 15) is 9.59 Å². The second-order valence-corrected chi connectivity index (χ2v) is 5.17. The van der Waals surface area contributed by atoms with Gasteiger partial charge >= 0.3 is 0 Å². The molecule has 2 rings (SSSR count). The maximum atomic E-state index is 11.3. The molecule has 1 aliphatic rings. The first-order chi connectivity index (χ1) is 9.02. The Labute approximate surface area is 113 Å². The third kappa shape index (κ3) is 2.87. The number of carbonyl (C=O) groups excluding carboxylic acids is 2. The molecule has 1 aromatic heterocycles. The molecule has 5 nitrogen and oxygen atoms in total. The monoisotopic (exact) mass is 263 g/mol. The number of nitrogens with one attached hydrogen (secondary N) is 1. The summed E-state index contributed by atoms with van der Waals surface area (Å²) < 4.78 is 0. The Hall–Kier alpha value is -1.62. The summed E-state index contributed by atoms with van der Waals surface area (Å²) in [6.07, 6.45) is 0.875. The summed E-state index contributed by atoms with van der Waals surface area (Å²) >= 11 is 0. The summed E-state index contributed by atoms with van der Waals surface area (Å²) in [5.41, 5.74) is 3.99. The molecule has 5 heteroatoms. The van der Waals surface area contributed by atoms with E-state index in [0.29, 0.717) is 5.69 Å². The number of rotatable bonds is 3. The van der Waals surface area contributed by atoms with Crippen molar-refractivity contribution in [2.45, 2.75) is 27.3 Å². The summed E-state index contributed by atoms with van der Waals surface area (Å²) in [5.74, 6) is 0.150. The zero-order valence-corrected chi connectivity index (χ0v) is 11.8. The minimum atomic E-state index is 0.150. The van der Waals surface area contributed by atoms with Gasteiger partial charge in [0.1, 0.15) is 0 Å². The smallest absolute Gasteiger partial charge is 0.219 e. The SMILES string of the molecule is CC(=O)N1CCN(Cc2c(C)[nH]c(C=O)c2C)CC1.